The zero-order valence-electron chi connectivity index (χ0n) is 9.10. The number of nitrogens with one attached hydrogen (secondary N) is 1. The first-order valence-corrected chi connectivity index (χ1v) is 6.90. The number of carboxylic acids is 1. The van der Waals surface area contributed by atoms with Crippen molar-refractivity contribution in [1.29, 1.82) is 0 Å². The summed E-state index contributed by atoms with van der Waals surface area (Å²) >= 11 is 2.51. The van der Waals surface area contributed by atoms with Crippen LogP contribution in [0.4, 0.5) is 0 Å². The van der Waals surface area contributed by atoms with Gasteiger partial charge in [0.2, 0.25) is 0 Å². The molecule has 1 unspecified atom stereocenters. The van der Waals surface area contributed by atoms with Crippen LogP contribution >= 0.6 is 23.3 Å². The van der Waals surface area contributed by atoms with Gasteiger partial charge in [0, 0.05) is 5.75 Å². The van der Waals surface area contributed by atoms with Crippen molar-refractivity contribution in [2.75, 3.05) is 11.5 Å². The van der Waals surface area contributed by atoms with Crippen LogP contribution in [-0.2, 0) is 4.79 Å². The first-order valence-electron chi connectivity index (χ1n) is 4.98. The summed E-state index contributed by atoms with van der Waals surface area (Å²) in [6.45, 7) is 1.68. The summed E-state index contributed by atoms with van der Waals surface area (Å²) in [6.07, 6.45) is 0.448. The number of thioether (sulfide) groups is 1. The molecule has 92 valence electrons. The quantitative estimate of drug-likeness (QED) is 0.835. The number of aryl methyl sites for hydroxylation is 1. The summed E-state index contributed by atoms with van der Waals surface area (Å²) in [5, 5.41) is 15.6. The smallest absolute Gasteiger partial charge is 0.330 e. The van der Waals surface area contributed by atoms with Gasteiger partial charge in [0.05, 0.1) is 5.69 Å². The molecule has 1 atom stereocenters. The molecule has 0 aliphatic carbocycles. The summed E-state index contributed by atoms with van der Waals surface area (Å²) in [6, 6.07) is 0. The molecule has 1 aromatic heterocycles. The molecule has 0 radical (unpaired) electrons. The number of hydrogen-bond acceptors (Lipinski definition) is 6. The van der Waals surface area contributed by atoms with Gasteiger partial charge in [0.1, 0.15) is 10.4 Å². The number of amides is 1. The number of aromatic nitrogens is 2. The molecule has 1 amide bonds. The average molecular weight is 273 g/mol. The van der Waals surface area contributed by atoms with E-state index in [2.05, 4.69) is 14.9 Å². The van der Waals surface area contributed by atoms with Crippen molar-refractivity contribution in [2.24, 2.45) is 0 Å². The number of rotatable bonds is 3. The number of carbonyl (C=O) groups excluding carboxylic acids is 1. The molecular formula is C9H11N3O3S2. The molecular weight excluding hydrogens is 262 g/mol. The predicted octanol–water partition coefficient (Wildman–Crippen LogP) is 0.537. The van der Waals surface area contributed by atoms with Gasteiger partial charge in [0.25, 0.3) is 5.91 Å². The zero-order valence-corrected chi connectivity index (χ0v) is 10.7. The minimum absolute atomic E-state index is 0.377. The first-order chi connectivity index (χ1) is 8.05. The van der Waals surface area contributed by atoms with E-state index in [9.17, 15) is 14.7 Å². The number of carboxylic acid groups (broad SMARTS) is 1. The van der Waals surface area contributed by atoms with E-state index in [1.54, 1.807) is 6.92 Å². The second-order valence-corrected chi connectivity index (χ2v) is 5.69. The van der Waals surface area contributed by atoms with Crippen molar-refractivity contribution in [2.45, 2.75) is 18.9 Å². The minimum atomic E-state index is -1.14. The highest BCUT2D eigenvalue weighted by Gasteiger charge is 2.43. The normalized spacial score (nSPS) is 23.6. The number of aliphatic carboxylic acids is 1. The van der Waals surface area contributed by atoms with Crippen LogP contribution < -0.4 is 5.32 Å². The lowest BCUT2D eigenvalue weighted by atomic mass is 9.99. The van der Waals surface area contributed by atoms with Crippen LogP contribution in [0.15, 0.2) is 0 Å². The SMILES string of the molecule is Cc1nnsc1C(=O)NC1(C(=O)O)CCSC1. The van der Waals surface area contributed by atoms with Crippen molar-refractivity contribution in [1.82, 2.24) is 14.9 Å². The standard InChI is InChI=1S/C9H11N3O3S2/c1-5-6(17-12-11-5)7(13)10-9(8(14)15)2-3-16-4-9/h2-4H2,1H3,(H,10,13)(H,14,15). The Hall–Kier alpha value is -1.15. The maximum Gasteiger partial charge on any atom is 0.330 e. The predicted molar refractivity (Wildman–Crippen MR) is 64.4 cm³/mol. The fraction of sp³-hybridized carbons (Fsp3) is 0.556. The van der Waals surface area contributed by atoms with Crippen LogP contribution in [0.1, 0.15) is 21.8 Å². The van der Waals surface area contributed by atoms with E-state index in [1.165, 1.54) is 11.8 Å². The van der Waals surface area contributed by atoms with Gasteiger partial charge in [-0.15, -0.1) is 5.10 Å². The summed E-state index contributed by atoms with van der Waals surface area (Å²) in [7, 11) is 0. The minimum Gasteiger partial charge on any atom is -0.479 e. The molecule has 2 N–H and O–H groups in total. The molecule has 17 heavy (non-hydrogen) atoms. The van der Waals surface area contributed by atoms with E-state index in [4.69, 9.17) is 0 Å². The lowest BCUT2D eigenvalue weighted by Crippen LogP contribution is -2.54. The second kappa shape index (κ2) is 4.61. The van der Waals surface area contributed by atoms with Crippen molar-refractivity contribution in [3.8, 4) is 0 Å². The van der Waals surface area contributed by atoms with Crippen LogP contribution in [0.2, 0.25) is 0 Å². The molecule has 1 fully saturated rings. The van der Waals surface area contributed by atoms with Crippen LogP contribution in [-0.4, -0.2) is 43.6 Å². The number of carbonyl (C=O) groups is 2. The van der Waals surface area contributed by atoms with E-state index in [-0.39, 0.29) is 0 Å². The monoisotopic (exact) mass is 273 g/mol. The number of hydrogen-bond donors (Lipinski definition) is 2. The Morgan fingerprint density at radius 1 is 1.53 bits per heavy atom. The highest BCUT2D eigenvalue weighted by atomic mass is 32.2. The third kappa shape index (κ3) is 2.27. The van der Waals surface area contributed by atoms with Gasteiger partial charge in [-0.3, -0.25) is 4.79 Å². The Morgan fingerprint density at radius 2 is 2.29 bits per heavy atom. The summed E-state index contributed by atoms with van der Waals surface area (Å²) < 4.78 is 3.66. The van der Waals surface area contributed by atoms with Gasteiger partial charge in [-0.25, -0.2) is 4.79 Å². The van der Waals surface area contributed by atoms with Crippen molar-refractivity contribution >= 4 is 35.2 Å². The highest BCUT2D eigenvalue weighted by Crippen LogP contribution is 2.29. The summed E-state index contributed by atoms with van der Waals surface area (Å²) in [5.74, 6) is -0.236. The van der Waals surface area contributed by atoms with E-state index in [0.29, 0.717) is 22.7 Å². The van der Waals surface area contributed by atoms with Crippen LogP contribution in [0.25, 0.3) is 0 Å². The lowest BCUT2D eigenvalue weighted by molar-refractivity contribution is -0.143. The summed E-state index contributed by atoms with van der Waals surface area (Å²) in [5.41, 5.74) is -0.614. The fourth-order valence-corrected chi connectivity index (χ4v) is 3.48. The maximum absolute atomic E-state index is 11.9. The molecule has 0 saturated carbocycles. The van der Waals surface area contributed by atoms with Crippen LogP contribution in [0.5, 0.6) is 0 Å². The molecule has 2 rings (SSSR count). The molecule has 2 heterocycles. The first kappa shape index (κ1) is 12.3. The van der Waals surface area contributed by atoms with Crippen LogP contribution in [0, 0.1) is 6.92 Å². The molecule has 0 bridgehead atoms. The molecule has 0 spiro atoms. The van der Waals surface area contributed by atoms with E-state index in [0.717, 1.165) is 17.3 Å². The van der Waals surface area contributed by atoms with E-state index in [1.807, 2.05) is 0 Å². The number of nitrogens with zero attached hydrogens (tertiary/aromatic N) is 2. The van der Waals surface area contributed by atoms with E-state index >= 15 is 0 Å². The van der Waals surface area contributed by atoms with Crippen molar-refractivity contribution < 1.29 is 14.7 Å². The van der Waals surface area contributed by atoms with Gasteiger partial charge in [-0.2, -0.15) is 11.8 Å². The Kier molecular flexibility index (Phi) is 3.34. The van der Waals surface area contributed by atoms with Gasteiger partial charge in [0.15, 0.2) is 0 Å². The van der Waals surface area contributed by atoms with Crippen molar-refractivity contribution in [3.05, 3.63) is 10.6 Å². The Balaban J connectivity index is 2.17. The molecule has 1 saturated heterocycles. The topological polar surface area (TPSA) is 92.2 Å². The van der Waals surface area contributed by atoms with Gasteiger partial charge >= 0.3 is 5.97 Å². The Labute approximate surface area is 106 Å². The summed E-state index contributed by atoms with van der Waals surface area (Å²) in [4.78, 5) is 23.6. The largest absolute Gasteiger partial charge is 0.479 e. The Bertz CT molecular complexity index is 454. The third-order valence-corrected chi connectivity index (χ3v) is 4.66. The molecule has 1 aromatic rings. The molecule has 1 aliphatic rings. The molecule has 8 heteroatoms. The zero-order chi connectivity index (χ0) is 12.5. The average Bonchev–Trinajstić information content (AvgIpc) is 2.87. The molecule has 0 aromatic carbocycles. The molecule has 6 nitrogen and oxygen atoms in total. The van der Waals surface area contributed by atoms with E-state index < -0.39 is 17.4 Å². The Morgan fingerprint density at radius 3 is 2.76 bits per heavy atom. The fourth-order valence-electron chi connectivity index (χ4n) is 1.60. The highest BCUT2D eigenvalue weighted by molar-refractivity contribution is 7.99. The van der Waals surface area contributed by atoms with Crippen LogP contribution in [0.3, 0.4) is 0 Å². The van der Waals surface area contributed by atoms with Crippen molar-refractivity contribution in [3.63, 3.8) is 0 Å². The maximum atomic E-state index is 11.9. The third-order valence-electron chi connectivity index (χ3n) is 2.64. The van der Waals surface area contributed by atoms with Gasteiger partial charge in [-0.1, -0.05) is 4.49 Å². The molecule has 1 aliphatic heterocycles. The lowest BCUT2D eigenvalue weighted by Gasteiger charge is -2.24. The van der Waals surface area contributed by atoms with Gasteiger partial charge in [-0.05, 0) is 30.6 Å². The second-order valence-electron chi connectivity index (χ2n) is 3.83. The van der Waals surface area contributed by atoms with Gasteiger partial charge < -0.3 is 10.4 Å².